The van der Waals surface area contributed by atoms with Gasteiger partial charge in [0, 0.05) is 12.5 Å². The molecule has 17 heavy (non-hydrogen) atoms. The monoisotopic (exact) mass is 250 g/mol. The third kappa shape index (κ3) is 6.92. The SMILES string of the molecule is COCC(O)CC(C)(CCCC(N)O)C(N)O. The number of ether oxygens (including phenoxy) is 1. The summed E-state index contributed by atoms with van der Waals surface area (Å²) in [4.78, 5) is 0. The maximum Gasteiger partial charge on any atom is 0.107 e. The first kappa shape index (κ1) is 16.8. The van der Waals surface area contributed by atoms with Crippen LogP contribution in [0.15, 0.2) is 0 Å². The van der Waals surface area contributed by atoms with Gasteiger partial charge in [0.05, 0.1) is 12.7 Å². The molecule has 0 aliphatic rings. The molecular weight excluding hydrogens is 224 g/mol. The van der Waals surface area contributed by atoms with Gasteiger partial charge in [0.15, 0.2) is 0 Å². The summed E-state index contributed by atoms with van der Waals surface area (Å²) in [6.07, 6.45) is -0.517. The van der Waals surface area contributed by atoms with Gasteiger partial charge in [-0.05, 0) is 25.7 Å². The van der Waals surface area contributed by atoms with Crippen LogP contribution in [0.25, 0.3) is 0 Å². The molecule has 6 nitrogen and oxygen atoms in total. The molecule has 0 saturated heterocycles. The summed E-state index contributed by atoms with van der Waals surface area (Å²) in [7, 11) is 1.50. The van der Waals surface area contributed by atoms with E-state index in [0.717, 1.165) is 0 Å². The number of hydrogen-bond donors (Lipinski definition) is 5. The van der Waals surface area contributed by atoms with Gasteiger partial charge >= 0.3 is 0 Å². The van der Waals surface area contributed by atoms with E-state index in [0.29, 0.717) is 25.7 Å². The largest absolute Gasteiger partial charge is 0.391 e. The molecular formula is C11H26N2O4. The number of methoxy groups -OCH3 is 1. The molecule has 7 N–H and O–H groups in total. The van der Waals surface area contributed by atoms with Crippen molar-refractivity contribution in [2.24, 2.45) is 16.9 Å². The summed E-state index contributed by atoms with van der Waals surface area (Å²) in [5.41, 5.74) is 10.2. The summed E-state index contributed by atoms with van der Waals surface area (Å²) in [6, 6.07) is 0. The Morgan fingerprint density at radius 2 is 1.82 bits per heavy atom. The first-order valence-corrected chi connectivity index (χ1v) is 5.86. The standard InChI is InChI=1S/C11H26N2O4/c1-11(10(13)16,5-3-4-9(12)15)6-8(14)7-17-2/h8-10,14-16H,3-7,12-13H2,1-2H3. The molecule has 0 spiro atoms. The molecule has 4 atom stereocenters. The minimum absolute atomic E-state index is 0.210. The van der Waals surface area contributed by atoms with Crippen molar-refractivity contribution in [3.63, 3.8) is 0 Å². The Morgan fingerprint density at radius 1 is 1.24 bits per heavy atom. The number of hydrogen-bond acceptors (Lipinski definition) is 6. The minimum Gasteiger partial charge on any atom is -0.391 e. The molecule has 0 aromatic rings. The van der Waals surface area contributed by atoms with E-state index < -0.39 is 24.0 Å². The third-order valence-corrected chi connectivity index (χ3v) is 3.02. The van der Waals surface area contributed by atoms with Crippen molar-refractivity contribution in [2.45, 2.75) is 51.2 Å². The number of nitrogens with two attached hydrogens (primary N) is 2. The zero-order valence-electron chi connectivity index (χ0n) is 10.7. The smallest absolute Gasteiger partial charge is 0.107 e. The Bertz CT molecular complexity index is 202. The lowest BCUT2D eigenvalue weighted by atomic mass is 9.78. The molecule has 0 saturated carbocycles. The van der Waals surface area contributed by atoms with Gasteiger partial charge in [0.25, 0.3) is 0 Å². The fraction of sp³-hybridized carbons (Fsp3) is 1.00. The molecule has 0 heterocycles. The van der Waals surface area contributed by atoms with E-state index in [9.17, 15) is 10.2 Å². The molecule has 0 amide bonds. The minimum atomic E-state index is -1.02. The Labute approximate surface area is 103 Å². The highest BCUT2D eigenvalue weighted by Gasteiger charge is 2.32. The number of aliphatic hydroxyl groups excluding tert-OH is 3. The molecule has 104 valence electrons. The van der Waals surface area contributed by atoms with Crippen LogP contribution in [0.5, 0.6) is 0 Å². The lowest BCUT2D eigenvalue weighted by Crippen LogP contribution is -2.42. The van der Waals surface area contributed by atoms with Crippen LogP contribution in [0.4, 0.5) is 0 Å². The second-order valence-corrected chi connectivity index (χ2v) is 4.87. The first-order valence-electron chi connectivity index (χ1n) is 5.86. The number of rotatable bonds is 9. The topological polar surface area (TPSA) is 122 Å². The highest BCUT2D eigenvalue weighted by molar-refractivity contribution is 4.82. The normalized spacial score (nSPS) is 20.6. The molecule has 0 rings (SSSR count). The van der Waals surface area contributed by atoms with Gasteiger partial charge in [-0.25, -0.2) is 0 Å². The Hall–Kier alpha value is -0.240. The Morgan fingerprint density at radius 3 is 2.24 bits per heavy atom. The molecule has 0 radical (unpaired) electrons. The molecule has 0 aromatic heterocycles. The molecule has 0 bridgehead atoms. The van der Waals surface area contributed by atoms with E-state index in [4.69, 9.17) is 21.3 Å². The van der Waals surface area contributed by atoms with E-state index in [1.54, 1.807) is 6.92 Å². The average Bonchev–Trinajstić information content (AvgIpc) is 2.16. The molecule has 6 heteroatoms. The van der Waals surface area contributed by atoms with Crippen molar-refractivity contribution in [1.29, 1.82) is 0 Å². The highest BCUT2D eigenvalue weighted by atomic mass is 16.5. The van der Waals surface area contributed by atoms with Gasteiger partial charge in [0.1, 0.15) is 12.5 Å². The van der Waals surface area contributed by atoms with Gasteiger partial charge in [-0.1, -0.05) is 6.92 Å². The second kappa shape index (κ2) is 7.97. The van der Waals surface area contributed by atoms with Gasteiger partial charge in [0.2, 0.25) is 0 Å². The van der Waals surface area contributed by atoms with E-state index in [2.05, 4.69) is 0 Å². The summed E-state index contributed by atoms with van der Waals surface area (Å²) in [6.45, 7) is 2.02. The molecule has 0 aliphatic carbocycles. The van der Waals surface area contributed by atoms with Crippen LogP contribution < -0.4 is 11.5 Å². The van der Waals surface area contributed by atoms with E-state index in [1.807, 2.05) is 0 Å². The van der Waals surface area contributed by atoms with Crippen LogP contribution in [-0.2, 0) is 4.74 Å². The zero-order valence-corrected chi connectivity index (χ0v) is 10.7. The maximum absolute atomic E-state index is 9.68. The Kier molecular flexibility index (Phi) is 7.85. The predicted molar refractivity (Wildman–Crippen MR) is 64.8 cm³/mol. The van der Waals surface area contributed by atoms with Gasteiger partial charge in [-0.2, -0.15) is 0 Å². The lowest BCUT2D eigenvalue weighted by molar-refractivity contribution is -0.0283. The fourth-order valence-electron chi connectivity index (χ4n) is 1.88. The van der Waals surface area contributed by atoms with Gasteiger partial charge < -0.3 is 31.5 Å². The summed E-state index contributed by atoms with van der Waals surface area (Å²) >= 11 is 0. The lowest BCUT2D eigenvalue weighted by Gasteiger charge is -2.34. The Balaban J connectivity index is 4.25. The van der Waals surface area contributed by atoms with Crippen LogP contribution in [0.3, 0.4) is 0 Å². The van der Waals surface area contributed by atoms with E-state index in [-0.39, 0.29) is 6.61 Å². The molecule has 0 fully saturated rings. The van der Waals surface area contributed by atoms with Crippen molar-refractivity contribution in [3.8, 4) is 0 Å². The zero-order chi connectivity index (χ0) is 13.5. The van der Waals surface area contributed by atoms with Gasteiger partial charge in [-0.3, -0.25) is 0 Å². The number of aliphatic hydroxyl groups is 3. The second-order valence-electron chi connectivity index (χ2n) is 4.87. The fourth-order valence-corrected chi connectivity index (χ4v) is 1.88. The van der Waals surface area contributed by atoms with Crippen molar-refractivity contribution in [3.05, 3.63) is 0 Å². The van der Waals surface area contributed by atoms with Crippen molar-refractivity contribution >= 4 is 0 Å². The van der Waals surface area contributed by atoms with Crippen LogP contribution in [0.2, 0.25) is 0 Å². The van der Waals surface area contributed by atoms with Gasteiger partial charge in [-0.15, -0.1) is 0 Å². The summed E-state index contributed by atoms with van der Waals surface area (Å²) < 4.78 is 4.84. The average molecular weight is 250 g/mol. The van der Waals surface area contributed by atoms with Crippen LogP contribution in [0.1, 0.15) is 32.6 Å². The molecule has 4 unspecified atom stereocenters. The van der Waals surface area contributed by atoms with Crippen LogP contribution >= 0.6 is 0 Å². The third-order valence-electron chi connectivity index (χ3n) is 3.02. The van der Waals surface area contributed by atoms with E-state index in [1.165, 1.54) is 7.11 Å². The van der Waals surface area contributed by atoms with E-state index >= 15 is 0 Å². The van der Waals surface area contributed by atoms with Crippen molar-refractivity contribution in [2.75, 3.05) is 13.7 Å². The first-order chi connectivity index (χ1) is 7.81. The van der Waals surface area contributed by atoms with Crippen molar-refractivity contribution < 1.29 is 20.1 Å². The molecule has 0 aliphatic heterocycles. The summed E-state index contributed by atoms with van der Waals surface area (Å²) in [5.74, 6) is 0. The van der Waals surface area contributed by atoms with Crippen molar-refractivity contribution in [1.82, 2.24) is 0 Å². The van der Waals surface area contributed by atoms with Crippen LogP contribution in [0, 0.1) is 5.41 Å². The van der Waals surface area contributed by atoms with Crippen LogP contribution in [-0.4, -0.2) is 47.6 Å². The highest BCUT2D eigenvalue weighted by Crippen LogP contribution is 2.32. The predicted octanol–water partition coefficient (Wildman–Crippen LogP) is -0.885. The quantitative estimate of drug-likeness (QED) is 0.339. The summed E-state index contributed by atoms with van der Waals surface area (Å²) in [5, 5.41) is 28.2. The maximum atomic E-state index is 9.68. The molecule has 0 aromatic carbocycles.